The lowest BCUT2D eigenvalue weighted by molar-refractivity contribution is 0.404. The fourth-order valence-corrected chi connectivity index (χ4v) is 4.22. The molecule has 1 aliphatic carbocycles. The van der Waals surface area contributed by atoms with Gasteiger partial charge in [0.25, 0.3) is 0 Å². The van der Waals surface area contributed by atoms with E-state index in [4.69, 9.17) is 4.74 Å². The molecule has 0 bridgehead atoms. The summed E-state index contributed by atoms with van der Waals surface area (Å²) < 4.78 is 7.43. The largest absolute Gasteiger partial charge is 0.497 e. The van der Waals surface area contributed by atoms with Crippen LogP contribution in [0, 0.1) is 0 Å². The fraction of sp³-hybridized carbons (Fsp3) is 0.409. The average molecular weight is 393 g/mol. The van der Waals surface area contributed by atoms with Crippen molar-refractivity contribution in [3.63, 3.8) is 0 Å². The monoisotopic (exact) mass is 392 g/mol. The van der Waals surface area contributed by atoms with E-state index >= 15 is 0 Å². The number of nitrogens with one attached hydrogen (secondary N) is 2. The number of hydrogen-bond donors (Lipinski definition) is 2. The van der Waals surface area contributed by atoms with Crippen LogP contribution in [0.1, 0.15) is 37.1 Å². The van der Waals surface area contributed by atoms with Crippen LogP contribution in [0.5, 0.6) is 5.75 Å². The molecule has 4 rings (SSSR count). The number of aliphatic imine (C=N–C) groups is 1. The molecule has 0 spiro atoms. The topological polar surface area (TPSA) is 75.8 Å². The molecule has 1 aliphatic rings. The Balaban J connectivity index is 1.43. The van der Waals surface area contributed by atoms with Gasteiger partial charge in [0, 0.05) is 25.2 Å². The van der Waals surface area contributed by atoms with Gasteiger partial charge in [0.15, 0.2) is 17.4 Å². The maximum Gasteiger partial charge on any atom is 0.191 e. The number of fused-ring (bicyclic) bond motifs is 1. The second kappa shape index (κ2) is 8.51. The van der Waals surface area contributed by atoms with Gasteiger partial charge in [0.2, 0.25) is 0 Å². The van der Waals surface area contributed by atoms with Crippen LogP contribution in [0.2, 0.25) is 0 Å². The molecule has 152 valence electrons. The van der Waals surface area contributed by atoms with Crippen LogP contribution in [0.4, 0.5) is 0 Å². The number of guanidine groups is 1. The van der Waals surface area contributed by atoms with Crippen molar-refractivity contribution in [1.82, 2.24) is 25.2 Å². The third-order valence-corrected chi connectivity index (χ3v) is 5.86. The predicted molar refractivity (Wildman–Crippen MR) is 114 cm³/mol. The number of nitrogens with zero attached hydrogens (tertiary/aromatic N) is 4. The van der Waals surface area contributed by atoms with Gasteiger partial charge in [-0.25, -0.2) is 0 Å². The maximum absolute atomic E-state index is 5.45. The molecule has 2 aromatic heterocycles. The van der Waals surface area contributed by atoms with E-state index in [1.807, 2.05) is 34.9 Å². The maximum atomic E-state index is 5.45. The molecule has 2 N–H and O–H groups in total. The van der Waals surface area contributed by atoms with Gasteiger partial charge in [-0.05, 0) is 42.7 Å². The number of pyridine rings is 1. The van der Waals surface area contributed by atoms with Gasteiger partial charge in [0.1, 0.15) is 5.75 Å². The van der Waals surface area contributed by atoms with Crippen LogP contribution in [0.15, 0.2) is 53.7 Å². The molecular weight excluding hydrogens is 364 g/mol. The van der Waals surface area contributed by atoms with E-state index in [1.165, 1.54) is 31.2 Å². The molecule has 0 unspecified atom stereocenters. The van der Waals surface area contributed by atoms with Crippen LogP contribution >= 0.6 is 0 Å². The van der Waals surface area contributed by atoms with Crippen molar-refractivity contribution >= 4 is 11.6 Å². The molecule has 1 saturated carbocycles. The minimum Gasteiger partial charge on any atom is -0.497 e. The molecular formula is C22H28N6O. The van der Waals surface area contributed by atoms with Gasteiger partial charge < -0.3 is 15.4 Å². The molecule has 1 fully saturated rings. The molecule has 0 aliphatic heterocycles. The van der Waals surface area contributed by atoms with Crippen molar-refractivity contribution < 1.29 is 4.74 Å². The minimum atomic E-state index is 0.105. The summed E-state index contributed by atoms with van der Waals surface area (Å²) in [6, 6.07) is 14.4. The second-order valence-corrected chi connectivity index (χ2v) is 7.54. The summed E-state index contributed by atoms with van der Waals surface area (Å²) in [7, 11) is 3.52. The zero-order valence-corrected chi connectivity index (χ0v) is 17.1. The molecule has 1 aromatic carbocycles. The van der Waals surface area contributed by atoms with E-state index in [9.17, 15) is 0 Å². The molecule has 0 radical (unpaired) electrons. The Bertz CT molecular complexity index is 990. The summed E-state index contributed by atoms with van der Waals surface area (Å²) in [6.07, 6.45) is 6.80. The minimum absolute atomic E-state index is 0.105. The lowest BCUT2D eigenvalue weighted by Gasteiger charge is -2.31. The second-order valence-electron chi connectivity index (χ2n) is 7.54. The Hall–Kier alpha value is -3.09. The van der Waals surface area contributed by atoms with E-state index in [1.54, 1.807) is 14.2 Å². The highest BCUT2D eigenvalue weighted by Gasteiger charge is 2.36. The highest BCUT2D eigenvalue weighted by Crippen LogP contribution is 2.41. The van der Waals surface area contributed by atoms with Gasteiger partial charge in [-0.3, -0.25) is 9.39 Å². The lowest BCUT2D eigenvalue weighted by atomic mass is 9.78. The highest BCUT2D eigenvalue weighted by molar-refractivity contribution is 5.79. The first-order chi connectivity index (χ1) is 14.2. The first-order valence-electron chi connectivity index (χ1n) is 10.1. The van der Waals surface area contributed by atoms with E-state index in [0.717, 1.165) is 29.7 Å². The molecule has 7 heteroatoms. The summed E-state index contributed by atoms with van der Waals surface area (Å²) in [5.41, 5.74) is 2.28. The van der Waals surface area contributed by atoms with Crippen molar-refractivity contribution in [2.24, 2.45) is 4.99 Å². The Kier molecular flexibility index (Phi) is 5.64. The summed E-state index contributed by atoms with van der Waals surface area (Å²) in [6.45, 7) is 1.39. The lowest BCUT2D eigenvalue weighted by Crippen LogP contribution is -2.44. The molecule has 0 atom stereocenters. The number of benzene rings is 1. The zero-order valence-electron chi connectivity index (χ0n) is 17.1. The van der Waals surface area contributed by atoms with Gasteiger partial charge in [0.05, 0.1) is 13.7 Å². The number of methoxy groups -OCH3 is 1. The normalized spacial score (nSPS) is 16.1. The van der Waals surface area contributed by atoms with Crippen molar-refractivity contribution in [1.29, 1.82) is 0 Å². The number of hydrogen-bond acceptors (Lipinski definition) is 4. The van der Waals surface area contributed by atoms with E-state index in [-0.39, 0.29) is 5.41 Å². The standard InChI is InChI=1S/C22H28N6O/c1-23-21(24-15-20-27-26-19-10-3-6-13-28(19)20)25-16-22(11-4-5-12-22)17-8-7-9-18(14-17)29-2/h3,6-10,13-14H,4-5,11-12,15-16H2,1-2H3,(H2,23,24,25). The van der Waals surface area contributed by atoms with Gasteiger partial charge in [-0.2, -0.15) is 0 Å². The van der Waals surface area contributed by atoms with Crippen LogP contribution in [-0.2, 0) is 12.0 Å². The van der Waals surface area contributed by atoms with Crippen molar-refractivity contribution in [3.05, 3.63) is 60.0 Å². The molecule has 3 aromatic rings. The first kappa shape index (κ1) is 19.2. The van der Waals surface area contributed by atoms with Crippen molar-refractivity contribution in [2.75, 3.05) is 20.7 Å². The summed E-state index contributed by atoms with van der Waals surface area (Å²) in [5.74, 6) is 2.54. The third-order valence-electron chi connectivity index (χ3n) is 5.86. The molecule has 0 amide bonds. The average Bonchev–Trinajstić information content (AvgIpc) is 3.42. The third kappa shape index (κ3) is 4.04. The summed E-state index contributed by atoms with van der Waals surface area (Å²) in [5, 5.41) is 15.4. The quantitative estimate of drug-likeness (QED) is 0.498. The Morgan fingerprint density at radius 1 is 1.14 bits per heavy atom. The smallest absolute Gasteiger partial charge is 0.191 e. The van der Waals surface area contributed by atoms with Crippen LogP contribution in [0.3, 0.4) is 0 Å². The Labute approximate surface area is 171 Å². The molecule has 29 heavy (non-hydrogen) atoms. The van der Waals surface area contributed by atoms with E-state index < -0.39 is 0 Å². The Morgan fingerprint density at radius 2 is 2.00 bits per heavy atom. The Morgan fingerprint density at radius 3 is 2.79 bits per heavy atom. The van der Waals surface area contributed by atoms with Gasteiger partial charge >= 0.3 is 0 Å². The fourth-order valence-electron chi connectivity index (χ4n) is 4.22. The number of ether oxygens (including phenoxy) is 1. The molecule has 0 saturated heterocycles. The van der Waals surface area contributed by atoms with Crippen molar-refractivity contribution in [3.8, 4) is 5.75 Å². The zero-order chi connectivity index (χ0) is 20.1. The molecule has 2 heterocycles. The van der Waals surface area contributed by atoms with Crippen LogP contribution in [-0.4, -0.2) is 41.3 Å². The number of aromatic nitrogens is 3. The predicted octanol–water partition coefficient (Wildman–Crippen LogP) is 2.91. The molecule has 7 nitrogen and oxygen atoms in total. The summed E-state index contributed by atoms with van der Waals surface area (Å²) in [4.78, 5) is 4.40. The SMILES string of the molecule is CN=C(NCc1nnc2ccccn12)NCC1(c2cccc(OC)c2)CCCC1. The van der Waals surface area contributed by atoms with Gasteiger partial charge in [-0.15, -0.1) is 10.2 Å². The van der Waals surface area contributed by atoms with Crippen molar-refractivity contribution in [2.45, 2.75) is 37.6 Å². The highest BCUT2D eigenvalue weighted by atomic mass is 16.5. The number of rotatable bonds is 6. The summed E-state index contributed by atoms with van der Waals surface area (Å²) >= 11 is 0. The van der Waals surface area contributed by atoms with Crippen LogP contribution < -0.4 is 15.4 Å². The van der Waals surface area contributed by atoms with E-state index in [0.29, 0.717) is 6.54 Å². The van der Waals surface area contributed by atoms with E-state index in [2.05, 4.69) is 44.0 Å². The van der Waals surface area contributed by atoms with Gasteiger partial charge in [-0.1, -0.05) is 31.0 Å². The van der Waals surface area contributed by atoms with Crippen LogP contribution in [0.25, 0.3) is 5.65 Å². The first-order valence-corrected chi connectivity index (χ1v) is 10.1.